The third kappa shape index (κ3) is 6.32. The highest BCUT2D eigenvalue weighted by atomic mass is 16.3. The molecule has 0 bridgehead atoms. The topological polar surface area (TPSA) is 47.0 Å². The SMILES string of the molecule is CC(C)N(C(=O)CN1CCN(CC(C)(C)O)CC1)C(C)C. The monoisotopic (exact) mass is 299 g/mol. The van der Waals surface area contributed by atoms with Crippen LogP contribution >= 0.6 is 0 Å². The average Bonchev–Trinajstić information content (AvgIpc) is 2.28. The van der Waals surface area contributed by atoms with Crippen LogP contribution < -0.4 is 0 Å². The van der Waals surface area contributed by atoms with Crippen LogP contribution in [0.3, 0.4) is 0 Å². The fourth-order valence-corrected chi connectivity index (χ4v) is 3.10. The molecule has 0 aliphatic carbocycles. The maximum Gasteiger partial charge on any atom is 0.237 e. The quantitative estimate of drug-likeness (QED) is 0.795. The molecule has 1 aliphatic rings. The zero-order chi connectivity index (χ0) is 16.2. The molecule has 5 heteroatoms. The van der Waals surface area contributed by atoms with Crippen molar-refractivity contribution < 1.29 is 9.90 Å². The van der Waals surface area contributed by atoms with E-state index in [0.29, 0.717) is 13.1 Å². The lowest BCUT2D eigenvalue weighted by Gasteiger charge is -2.38. The Morgan fingerprint density at radius 3 is 1.86 bits per heavy atom. The van der Waals surface area contributed by atoms with Crippen molar-refractivity contribution in [3.8, 4) is 0 Å². The molecule has 1 fully saturated rings. The highest BCUT2D eigenvalue weighted by Gasteiger charge is 2.26. The number of aliphatic hydroxyl groups is 1. The summed E-state index contributed by atoms with van der Waals surface area (Å²) in [4.78, 5) is 18.9. The second-order valence-electron chi connectivity index (χ2n) is 7.35. The van der Waals surface area contributed by atoms with E-state index in [9.17, 15) is 9.90 Å². The van der Waals surface area contributed by atoms with E-state index in [0.717, 1.165) is 26.2 Å². The summed E-state index contributed by atoms with van der Waals surface area (Å²) in [6.45, 7) is 16.8. The number of carbonyl (C=O) groups is 1. The van der Waals surface area contributed by atoms with Gasteiger partial charge in [0.1, 0.15) is 0 Å². The molecule has 0 unspecified atom stereocenters. The molecule has 0 aromatic carbocycles. The molecular formula is C16H33N3O2. The van der Waals surface area contributed by atoms with Gasteiger partial charge in [-0.05, 0) is 41.5 Å². The lowest BCUT2D eigenvalue weighted by atomic mass is 10.1. The molecule has 0 atom stereocenters. The summed E-state index contributed by atoms with van der Waals surface area (Å²) in [5.74, 6) is 0.218. The van der Waals surface area contributed by atoms with Crippen LogP contribution in [0.2, 0.25) is 0 Å². The third-order valence-electron chi connectivity index (χ3n) is 3.83. The van der Waals surface area contributed by atoms with Crippen LogP contribution in [0, 0.1) is 0 Å². The van der Waals surface area contributed by atoms with E-state index in [2.05, 4.69) is 37.5 Å². The highest BCUT2D eigenvalue weighted by Crippen LogP contribution is 2.10. The minimum absolute atomic E-state index is 0.218. The largest absolute Gasteiger partial charge is 0.389 e. The first-order valence-corrected chi connectivity index (χ1v) is 8.08. The molecule has 0 saturated carbocycles. The van der Waals surface area contributed by atoms with Gasteiger partial charge in [-0.25, -0.2) is 0 Å². The number of nitrogens with zero attached hydrogens (tertiary/aromatic N) is 3. The predicted molar refractivity (Wildman–Crippen MR) is 86.3 cm³/mol. The normalized spacial score (nSPS) is 18.5. The van der Waals surface area contributed by atoms with Crippen LogP contribution in [0.4, 0.5) is 0 Å². The smallest absolute Gasteiger partial charge is 0.237 e. The Kier molecular flexibility index (Phi) is 6.63. The highest BCUT2D eigenvalue weighted by molar-refractivity contribution is 5.78. The fraction of sp³-hybridized carbons (Fsp3) is 0.938. The Morgan fingerprint density at radius 2 is 1.48 bits per heavy atom. The number of piperazine rings is 1. The lowest BCUT2D eigenvalue weighted by molar-refractivity contribution is -0.136. The molecule has 1 aliphatic heterocycles. The molecule has 0 aromatic heterocycles. The molecule has 1 N–H and O–H groups in total. The Balaban J connectivity index is 2.43. The van der Waals surface area contributed by atoms with Crippen molar-refractivity contribution in [1.82, 2.24) is 14.7 Å². The first-order chi connectivity index (χ1) is 9.60. The van der Waals surface area contributed by atoms with Gasteiger partial charge in [0, 0.05) is 44.8 Å². The standard InChI is InChI=1S/C16H33N3O2/c1-13(2)19(14(3)4)15(20)11-17-7-9-18(10-8-17)12-16(5,6)21/h13-14,21H,7-12H2,1-6H3. The van der Waals surface area contributed by atoms with Crippen molar-refractivity contribution in [2.75, 3.05) is 39.3 Å². The van der Waals surface area contributed by atoms with Gasteiger partial charge in [-0.2, -0.15) is 0 Å². The molecule has 124 valence electrons. The molecule has 1 heterocycles. The first kappa shape index (κ1) is 18.4. The van der Waals surface area contributed by atoms with E-state index >= 15 is 0 Å². The second-order valence-corrected chi connectivity index (χ2v) is 7.35. The maximum absolute atomic E-state index is 12.4. The number of carbonyl (C=O) groups excluding carboxylic acids is 1. The van der Waals surface area contributed by atoms with E-state index in [4.69, 9.17) is 0 Å². The lowest BCUT2D eigenvalue weighted by Crippen LogP contribution is -2.54. The van der Waals surface area contributed by atoms with Crippen LogP contribution in [-0.4, -0.2) is 82.7 Å². The summed E-state index contributed by atoms with van der Waals surface area (Å²) in [5.41, 5.74) is -0.649. The molecule has 1 saturated heterocycles. The van der Waals surface area contributed by atoms with Crippen LogP contribution in [-0.2, 0) is 4.79 Å². The van der Waals surface area contributed by atoms with Gasteiger partial charge >= 0.3 is 0 Å². The van der Waals surface area contributed by atoms with Gasteiger partial charge < -0.3 is 10.0 Å². The van der Waals surface area contributed by atoms with Crippen LogP contribution in [0.15, 0.2) is 0 Å². The third-order valence-corrected chi connectivity index (χ3v) is 3.83. The summed E-state index contributed by atoms with van der Waals surface area (Å²) < 4.78 is 0. The van der Waals surface area contributed by atoms with Crippen molar-refractivity contribution in [3.05, 3.63) is 0 Å². The van der Waals surface area contributed by atoms with Gasteiger partial charge in [0.2, 0.25) is 5.91 Å². The summed E-state index contributed by atoms with van der Waals surface area (Å²) in [5, 5.41) is 9.86. The van der Waals surface area contributed by atoms with Gasteiger partial charge in [0.25, 0.3) is 0 Å². The molecule has 5 nitrogen and oxygen atoms in total. The fourth-order valence-electron chi connectivity index (χ4n) is 3.10. The van der Waals surface area contributed by atoms with Gasteiger partial charge in [0.05, 0.1) is 12.1 Å². The number of hydrogen-bond donors (Lipinski definition) is 1. The minimum Gasteiger partial charge on any atom is -0.389 e. The Bertz CT molecular complexity index is 321. The minimum atomic E-state index is -0.649. The van der Waals surface area contributed by atoms with Crippen molar-refractivity contribution in [1.29, 1.82) is 0 Å². The van der Waals surface area contributed by atoms with Gasteiger partial charge in [-0.15, -0.1) is 0 Å². The zero-order valence-electron chi connectivity index (χ0n) is 14.6. The molecule has 1 amide bonds. The molecular weight excluding hydrogens is 266 g/mol. The molecule has 0 radical (unpaired) electrons. The van der Waals surface area contributed by atoms with E-state index in [-0.39, 0.29) is 18.0 Å². The van der Waals surface area contributed by atoms with E-state index in [1.165, 1.54) is 0 Å². The van der Waals surface area contributed by atoms with E-state index < -0.39 is 5.60 Å². The average molecular weight is 299 g/mol. The Morgan fingerprint density at radius 1 is 1.05 bits per heavy atom. The van der Waals surface area contributed by atoms with Crippen LogP contribution in [0.1, 0.15) is 41.5 Å². The van der Waals surface area contributed by atoms with Crippen LogP contribution in [0.5, 0.6) is 0 Å². The summed E-state index contributed by atoms with van der Waals surface area (Å²) in [6.07, 6.45) is 0. The van der Waals surface area contributed by atoms with Crippen molar-refractivity contribution in [3.63, 3.8) is 0 Å². The number of amides is 1. The molecule has 21 heavy (non-hydrogen) atoms. The number of hydrogen-bond acceptors (Lipinski definition) is 4. The zero-order valence-corrected chi connectivity index (χ0v) is 14.6. The second kappa shape index (κ2) is 7.56. The van der Waals surface area contributed by atoms with Gasteiger partial charge in [-0.3, -0.25) is 14.6 Å². The Labute approximate surface area is 129 Å². The number of β-amino-alcohol motifs (C(OH)–C–C–N with tert-alkyl or cyclic N) is 1. The van der Waals surface area contributed by atoms with Crippen molar-refractivity contribution in [2.45, 2.75) is 59.2 Å². The summed E-state index contributed by atoms with van der Waals surface area (Å²) in [7, 11) is 0. The van der Waals surface area contributed by atoms with Gasteiger partial charge in [-0.1, -0.05) is 0 Å². The van der Waals surface area contributed by atoms with Gasteiger partial charge in [0.15, 0.2) is 0 Å². The molecule has 1 rings (SSSR count). The molecule has 0 aromatic rings. The molecule has 0 spiro atoms. The Hall–Kier alpha value is -0.650. The van der Waals surface area contributed by atoms with E-state index in [1.54, 1.807) is 0 Å². The van der Waals surface area contributed by atoms with Crippen LogP contribution in [0.25, 0.3) is 0 Å². The van der Waals surface area contributed by atoms with Crippen molar-refractivity contribution >= 4 is 5.91 Å². The number of rotatable bonds is 6. The summed E-state index contributed by atoms with van der Waals surface area (Å²) in [6, 6.07) is 0.489. The summed E-state index contributed by atoms with van der Waals surface area (Å²) >= 11 is 0. The van der Waals surface area contributed by atoms with Crippen molar-refractivity contribution in [2.24, 2.45) is 0 Å². The van der Waals surface area contributed by atoms with E-state index in [1.807, 2.05) is 18.7 Å². The predicted octanol–water partition coefficient (Wildman–Crippen LogP) is 1.02. The first-order valence-electron chi connectivity index (χ1n) is 8.08. The maximum atomic E-state index is 12.4.